The topological polar surface area (TPSA) is 67.5 Å². The Labute approximate surface area is 127 Å². The van der Waals surface area contributed by atoms with Crippen molar-refractivity contribution in [2.24, 2.45) is 5.10 Å². The molecular formula is C13H10F3N3O2S. The van der Waals surface area contributed by atoms with Gasteiger partial charge in [-0.15, -0.1) is 11.3 Å². The van der Waals surface area contributed by atoms with Gasteiger partial charge in [-0.1, -0.05) is 0 Å². The number of rotatable bonds is 4. The monoisotopic (exact) mass is 329 g/mol. The number of benzene rings is 1. The lowest BCUT2D eigenvalue weighted by Crippen LogP contribution is -2.06. The third-order valence-electron chi connectivity index (χ3n) is 2.79. The minimum absolute atomic E-state index is 0.108. The first-order valence-electron chi connectivity index (χ1n) is 5.98. The van der Waals surface area contributed by atoms with Crippen molar-refractivity contribution in [3.63, 3.8) is 0 Å². The lowest BCUT2D eigenvalue weighted by molar-refractivity contribution is -0.384. The molecule has 22 heavy (non-hydrogen) atoms. The molecule has 2 rings (SSSR count). The van der Waals surface area contributed by atoms with Gasteiger partial charge in [0, 0.05) is 10.9 Å². The zero-order chi connectivity index (χ0) is 16.3. The van der Waals surface area contributed by atoms with Gasteiger partial charge in [0.15, 0.2) is 0 Å². The summed E-state index contributed by atoms with van der Waals surface area (Å²) in [4.78, 5) is 10.9. The number of halogens is 3. The van der Waals surface area contributed by atoms with Gasteiger partial charge in [-0.25, -0.2) is 0 Å². The molecule has 0 amide bonds. The van der Waals surface area contributed by atoms with E-state index in [-0.39, 0.29) is 5.69 Å². The van der Waals surface area contributed by atoms with Gasteiger partial charge in [0.1, 0.15) is 5.69 Å². The number of hydrogen-bond donors (Lipinski definition) is 1. The number of nitro groups is 1. The number of hydrogen-bond acceptors (Lipinski definition) is 5. The number of nitrogens with one attached hydrogen (secondary N) is 1. The van der Waals surface area contributed by atoms with Crippen LogP contribution >= 0.6 is 11.3 Å². The molecule has 0 radical (unpaired) electrons. The quantitative estimate of drug-likeness (QED) is 0.512. The summed E-state index contributed by atoms with van der Waals surface area (Å²) in [6, 6.07) is 4.11. The van der Waals surface area contributed by atoms with E-state index < -0.39 is 22.4 Å². The van der Waals surface area contributed by atoms with Crippen LogP contribution in [0.25, 0.3) is 0 Å². The first kappa shape index (κ1) is 16.0. The first-order chi connectivity index (χ1) is 10.3. The average Bonchev–Trinajstić information content (AvgIpc) is 2.83. The molecule has 116 valence electrons. The molecule has 0 atom stereocenters. The van der Waals surface area contributed by atoms with Gasteiger partial charge >= 0.3 is 6.18 Å². The SMILES string of the molecule is Cc1ccsc1/C=N\Nc1ccc(C(F)(F)F)cc1[N+](=O)[O-]. The third-order valence-corrected chi connectivity index (χ3v) is 3.74. The normalized spacial score (nSPS) is 11.8. The fraction of sp³-hybridized carbons (Fsp3) is 0.154. The van der Waals surface area contributed by atoms with E-state index in [0.717, 1.165) is 22.6 Å². The fourth-order valence-corrected chi connectivity index (χ4v) is 2.42. The van der Waals surface area contributed by atoms with Crippen LogP contribution in [0.5, 0.6) is 0 Å². The van der Waals surface area contributed by atoms with E-state index in [1.54, 1.807) is 0 Å². The molecule has 0 fully saturated rings. The van der Waals surface area contributed by atoms with E-state index in [0.29, 0.717) is 6.07 Å². The van der Waals surface area contributed by atoms with Crippen molar-refractivity contribution in [3.8, 4) is 0 Å². The number of alkyl halides is 3. The van der Waals surface area contributed by atoms with Gasteiger partial charge in [0.05, 0.1) is 16.7 Å². The molecule has 9 heteroatoms. The molecule has 0 saturated carbocycles. The van der Waals surface area contributed by atoms with E-state index >= 15 is 0 Å². The van der Waals surface area contributed by atoms with Gasteiger partial charge in [-0.3, -0.25) is 15.5 Å². The molecule has 1 heterocycles. The number of hydrazone groups is 1. The van der Waals surface area contributed by atoms with Gasteiger partial charge < -0.3 is 0 Å². The highest BCUT2D eigenvalue weighted by atomic mass is 32.1. The van der Waals surface area contributed by atoms with Gasteiger partial charge in [-0.05, 0) is 36.1 Å². The molecule has 2 aromatic rings. The minimum atomic E-state index is -4.64. The Morgan fingerprint density at radius 1 is 1.36 bits per heavy atom. The van der Waals surface area contributed by atoms with Crippen molar-refractivity contribution < 1.29 is 18.1 Å². The zero-order valence-electron chi connectivity index (χ0n) is 11.2. The fourth-order valence-electron chi connectivity index (χ4n) is 1.63. The van der Waals surface area contributed by atoms with Crippen LogP contribution in [-0.4, -0.2) is 11.1 Å². The van der Waals surface area contributed by atoms with Gasteiger partial charge in [0.25, 0.3) is 5.69 Å². The summed E-state index contributed by atoms with van der Waals surface area (Å²) in [5.74, 6) is 0. The summed E-state index contributed by atoms with van der Waals surface area (Å²) in [6.45, 7) is 1.87. The first-order valence-corrected chi connectivity index (χ1v) is 6.86. The standard InChI is InChI=1S/C13H10F3N3O2S/c1-8-4-5-22-12(8)7-17-18-10-3-2-9(13(14,15)16)6-11(10)19(20)21/h2-7,18H,1H3/b17-7-. The van der Waals surface area contributed by atoms with Crippen LogP contribution in [0.15, 0.2) is 34.7 Å². The Morgan fingerprint density at radius 2 is 2.09 bits per heavy atom. The van der Waals surface area contributed by atoms with Crippen LogP contribution in [-0.2, 0) is 6.18 Å². The summed E-state index contributed by atoms with van der Waals surface area (Å²) < 4.78 is 37.7. The predicted octanol–water partition coefficient (Wildman–Crippen LogP) is 4.43. The molecule has 1 N–H and O–H groups in total. The van der Waals surface area contributed by atoms with E-state index in [1.165, 1.54) is 17.6 Å². The Kier molecular flexibility index (Phi) is 4.45. The lowest BCUT2D eigenvalue weighted by Gasteiger charge is -2.08. The largest absolute Gasteiger partial charge is 0.416 e. The number of nitrogens with zero attached hydrogens (tertiary/aromatic N) is 2. The highest BCUT2D eigenvalue weighted by Crippen LogP contribution is 2.34. The van der Waals surface area contributed by atoms with Crippen LogP contribution < -0.4 is 5.43 Å². The second kappa shape index (κ2) is 6.14. The van der Waals surface area contributed by atoms with Crippen molar-refractivity contribution in [2.45, 2.75) is 13.1 Å². The summed E-state index contributed by atoms with van der Waals surface area (Å²) in [5.41, 5.74) is 1.52. The van der Waals surface area contributed by atoms with Gasteiger partial charge in [-0.2, -0.15) is 18.3 Å². The van der Waals surface area contributed by atoms with E-state index in [4.69, 9.17) is 0 Å². The molecule has 1 aromatic carbocycles. The molecule has 0 aliphatic carbocycles. The zero-order valence-corrected chi connectivity index (χ0v) is 12.0. The van der Waals surface area contributed by atoms with Crippen molar-refractivity contribution >= 4 is 28.9 Å². The van der Waals surface area contributed by atoms with Crippen molar-refractivity contribution in [3.05, 3.63) is 55.8 Å². The molecule has 0 aliphatic rings. The number of anilines is 1. The Bertz CT molecular complexity index is 726. The van der Waals surface area contributed by atoms with Crippen LogP contribution in [0, 0.1) is 17.0 Å². The summed E-state index contributed by atoms with van der Waals surface area (Å²) in [5, 5.41) is 16.6. The molecule has 0 unspecified atom stereocenters. The maximum absolute atomic E-state index is 12.6. The Balaban J connectivity index is 2.25. The van der Waals surface area contributed by atoms with Crippen LogP contribution in [0.1, 0.15) is 16.0 Å². The smallest absolute Gasteiger partial charge is 0.272 e. The highest BCUT2D eigenvalue weighted by molar-refractivity contribution is 7.11. The van der Waals surface area contributed by atoms with E-state index in [9.17, 15) is 23.3 Å². The molecular weight excluding hydrogens is 319 g/mol. The predicted molar refractivity (Wildman–Crippen MR) is 78.4 cm³/mol. The van der Waals surface area contributed by atoms with Crippen molar-refractivity contribution in [1.82, 2.24) is 0 Å². The Hall–Kier alpha value is -2.42. The molecule has 0 bridgehead atoms. The maximum atomic E-state index is 12.6. The molecule has 0 spiro atoms. The highest BCUT2D eigenvalue weighted by Gasteiger charge is 2.33. The summed E-state index contributed by atoms with van der Waals surface area (Å²) in [6.07, 6.45) is -3.18. The lowest BCUT2D eigenvalue weighted by atomic mass is 10.1. The van der Waals surface area contributed by atoms with Gasteiger partial charge in [0.2, 0.25) is 0 Å². The molecule has 0 saturated heterocycles. The number of thiophene rings is 1. The summed E-state index contributed by atoms with van der Waals surface area (Å²) in [7, 11) is 0. The molecule has 5 nitrogen and oxygen atoms in total. The maximum Gasteiger partial charge on any atom is 0.416 e. The minimum Gasteiger partial charge on any atom is -0.272 e. The number of nitro benzene ring substituents is 1. The van der Waals surface area contributed by atoms with Crippen molar-refractivity contribution in [2.75, 3.05) is 5.43 Å². The average molecular weight is 329 g/mol. The van der Waals surface area contributed by atoms with Crippen LogP contribution in [0.4, 0.5) is 24.5 Å². The second-order valence-electron chi connectivity index (χ2n) is 4.32. The van der Waals surface area contributed by atoms with E-state index in [2.05, 4.69) is 10.5 Å². The van der Waals surface area contributed by atoms with Crippen LogP contribution in [0.3, 0.4) is 0 Å². The van der Waals surface area contributed by atoms with E-state index in [1.807, 2.05) is 18.4 Å². The van der Waals surface area contributed by atoms with Crippen molar-refractivity contribution in [1.29, 1.82) is 0 Å². The third kappa shape index (κ3) is 3.61. The summed E-state index contributed by atoms with van der Waals surface area (Å²) >= 11 is 1.43. The number of aryl methyl sites for hydroxylation is 1. The molecule has 0 aliphatic heterocycles. The molecule has 1 aromatic heterocycles. The Morgan fingerprint density at radius 3 is 2.64 bits per heavy atom. The van der Waals surface area contributed by atoms with Crippen LogP contribution in [0.2, 0.25) is 0 Å². The second-order valence-corrected chi connectivity index (χ2v) is 5.27.